The number of aliphatic hydroxyl groups excluding tert-OH is 1. The number of aliphatic hydroxyl groups is 1. The number of carbonyl (C=O) groups excluding carboxylic acids is 1. The van der Waals surface area contributed by atoms with Crippen molar-refractivity contribution in [1.29, 1.82) is 0 Å². The van der Waals surface area contributed by atoms with Gasteiger partial charge in [-0.2, -0.15) is 0 Å². The molecule has 14 heteroatoms. The van der Waals surface area contributed by atoms with Crippen LogP contribution in [0.25, 0.3) is 22.1 Å². The number of benzene rings is 2. The lowest BCUT2D eigenvalue weighted by Gasteiger charge is -2.26. The lowest BCUT2D eigenvalue weighted by molar-refractivity contribution is -0.0557. The highest BCUT2D eigenvalue weighted by Crippen LogP contribution is 2.38. The SMILES string of the molecule is CS(=O)(=O)NC1CN(C(=O)Nc2noc3cccc(-c4c(F)cccc4F)c23)C(CO)C1(F)F. The molecule has 1 aliphatic heterocycles. The Balaban J connectivity index is 1.70. The van der Waals surface area contributed by atoms with Crippen molar-refractivity contribution in [1.82, 2.24) is 14.8 Å². The predicted octanol–water partition coefficient (Wildman–Crippen LogP) is 2.53. The maximum atomic E-state index is 14.7. The molecule has 2 atom stereocenters. The Bertz CT molecular complexity index is 1340. The molecule has 4 rings (SSSR count). The van der Waals surface area contributed by atoms with Crippen LogP contribution in [-0.4, -0.2) is 67.0 Å². The lowest BCUT2D eigenvalue weighted by Crippen LogP contribution is -2.51. The average molecular weight is 502 g/mol. The number of nitrogens with one attached hydrogen (secondary N) is 2. The van der Waals surface area contributed by atoms with Crippen LogP contribution in [0.3, 0.4) is 0 Å². The molecule has 0 saturated carbocycles. The van der Waals surface area contributed by atoms with E-state index in [2.05, 4.69) is 10.5 Å². The smallest absolute Gasteiger partial charge is 0.323 e. The predicted molar refractivity (Wildman–Crippen MR) is 113 cm³/mol. The molecule has 1 saturated heterocycles. The highest BCUT2D eigenvalue weighted by molar-refractivity contribution is 7.88. The molecule has 9 nitrogen and oxygen atoms in total. The maximum absolute atomic E-state index is 14.7. The first-order chi connectivity index (χ1) is 15.9. The van der Waals surface area contributed by atoms with E-state index in [0.29, 0.717) is 11.2 Å². The zero-order chi connectivity index (χ0) is 24.8. The number of halogens is 4. The summed E-state index contributed by atoms with van der Waals surface area (Å²) in [6, 6.07) is 2.30. The fraction of sp³-hybridized carbons (Fsp3) is 0.300. The third kappa shape index (κ3) is 4.19. The average Bonchev–Trinajstić information content (AvgIpc) is 3.25. The quantitative estimate of drug-likeness (QED) is 0.461. The topological polar surface area (TPSA) is 125 Å². The molecule has 2 unspecified atom stereocenters. The molecule has 182 valence electrons. The number of alkyl halides is 2. The van der Waals surface area contributed by atoms with Gasteiger partial charge in [0.05, 0.1) is 23.8 Å². The number of hydrogen-bond donors (Lipinski definition) is 3. The molecule has 0 radical (unpaired) electrons. The van der Waals surface area contributed by atoms with Crippen molar-refractivity contribution in [3.8, 4) is 11.1 Å². The summed E-state index contributed by atoms with van der Waals surface area (Å²) in [4.78, 5) is 13.4. The monoisotopic (exact) mass is 502 g/mol. The number of carbonyl (C=O) groups is 1. The van der Waals surface area contributed by atoms with Crippen LogP contribution in [0.4, 0.5) is 28.2 Å². The van der Waals surface area contributed by atoms with E-state index in [0.717, 1.165) is 12.1 Å². The zero-order valence-electron chi connectivity index (χ0n) is 17.4. The van der Waals surface area contributed by atoms with Crippen molar-refractivity contribution in [2.24, 2.45) is 0 Å². The van der Waals surface area contributed by atoms with E-state index in [-0.39, 0.29) is 22.4 Å². The Morgan fingerprint density at radius 2 is 1.88 bits per heavy atom. The van der Waals surface area contributed by atoms with E-state index in [9.17, 15) is 35.9 Å². The number of amides is 2. The first-order valence-corrected chi connectivity index (χ1v) is 11.7. The second kappa shape index (κ2) is 8.52. The highest BCUT2D eigenvalue weighted by Gasteiger charge is 2.58. The minimum absolute atomic E-state index is 0.00766. The molecule has 2 heterocycles. The summed E-state index contributed by atoms with van der Waals surface area (Å²) in [5.74, 6) is -5.87. The second-order valence-electron chi connectivity index (χ2n) is 7.70. The van der Waals surface area contributed by atoms with Crippen LogP contribution in [0, 0.1) is 11.6 Å². The van der Waals surface area contributed by atoms with E-state index in [1.54, 1.807) is 4.72 Å². The van der Waals surface area contributed by atoms with Gasteiger partial charge in [-0.3, -0.25) is 5.32 Å². The molecule has 1 aliphatic rings. The van der Waals surface area contributed by atoms with E-state index >= 15 is 0 Å². The molecule has 0 bridgehead atoms. The molecule has 0 spiro atoms. The van der Waals surface area contributed by atoms with Gasteiger partial charge in [-0.15, -0.1) is 0 Å². The Hall–Kier alpha value is -3.23. The number of urea groups is 1. The summed E-state index contributed by atoms with van der Waals surface area (Å²) in [5, 5.41) is 15.4. The van der Waals surface area contributed by atoms with Crippen molar-refractivity contribution < 1.29 is 40.4 Å². The minimum atomic E-state index is -4.05. The van der Waals surface area contributed by atoms with Gasteiger partial charge in [-0.05, 0) is 18.2 Å². The number of nitrogens with zero attached hydrogens (tertiary/aromatic N) is 2. The molecule has 2 amide bonds. The van der Waals surface area contributed by atoms with Crippen LogP contribution < -0.4 is 10.0 Å². The largest absolute Gasteiger partial charge is 0.394 e. The number of fused-ring (bicyclic) bond motifs is 1. The van der Waals surface area contributed by atoms with Gasteiger partial charge in [-0.25, -0.2) is 35.5 Å². The summed E-state index contributed by atoms with van der Waals surface area (Å²) >= 11 is 0. The van der Waals surface area contributed by atoms with Gasteiger partial charge in [0.2, 0.25) is 10.0 Å². The Morgan fingerprint density at radius 3 is 2.50 bits per heavy atom. The van der Waals surface area contributed by atoms with Gasteiger partial charge >= 0.3 is 6.03 Å². The first-order valence-electron chi connectivity index (χ1n) is 9.80. The van der Waals surface area contributed by atoms with Crippen molar-refractivity contribution in [3.05, 3.63) is 48.0 Å². The van der Waals surface area contributed by atoms with E-state index in [4.69, 9.17) is 4.52 Å². The van der Waals surface area contributed by atoms with Gasteiger partial charge in [0.15, 0.2) is 11.4 Å². The molecule has 2 aromatic carbocycles. The first kappa shape index (κ1) is 23.9. The molecule has 1 aromatic heterocycles. The number of anilines is 1. The van der Waals surface area contributed by atoms with Crippen molar-refractivity contribution >= 4 is 32.8 Å². The third-order valence-corrected chi connectivity index (χ3v) is 6.12. The summed E-state index contributed by atoms with van der Waals surface area (Å²) in [5.41, 5.74) is -0.366. The van der Waals surface area contributed by atoms with Gasteiger partial charge < -0.3 is 14.5 Å². The van der Waals surface area contributed by atoms with Crippen molar-refractivity contribution in [2.75, 3.05) is 24.7 Å². The normalized spacial score (nSPS) is 20.1. The van der Waals surface area contributed by atoms with Gasteiger partial charge in [0.1, 0.15) is 23.7 Å². The molecule has 34 heavy (non-hydrogen) atoms. The highest BCUT2D eigenvalue weighted by atomic mass is 32.2. The fourth-order valence-electron chi connectivity index (χ4n) is 3.92. The summed E-state index contributed by atoms with van der Waals surface area (Å²) in [6.45, 7) is -1.92. The fourth-order valence-corrected chi connectivity index (χ4v) is 4.67. The van der Waals surface area contributed by atoms with Gasteiger partial charge in [0, 0.05) is 12.1 Å². The van der Waals surface area contributed by atoms with E-state index in [1.807, 2.05) is 0 Å². The molecule has 0 aliphatic carbocycles. The zero-order valence-corrected chi connectivity index (χ0v) is 18.2. The number of sulfonamides is 1. The number of hydrogen-bond acceptors (Lipinski definition) is 6. The van der Waals surface area contributed by atoms with Crippen LogP contribution in [-0.2, 0) is 10.0 Å². The summed E-state index contributed by atoms with van der Waals surface area (Å²) in [7, 11) is -4.05. The van der Waals surface area contributed by atoms with Crippen molar-refractivity contribution in [2.45, 2.75) is 18.0 Å². The van der Waals surface area contributed by atoms with E-state index < -0.39 is 64.4 Å². The van der Waals surface area contributed by atoms with Gasteiger partial charge in [-0.1, -0.05) is 23.4 Å². The lowest BCUT2D eigenvalue weighted by atomic mass is 10.0. The molecular weight excluding hydrogens is 484 g/mol. The second-order valence-corrected chi connectivity index (χ2v) is 9.48. The summed E-state index contributed by atoms with van der Waals surface area (Å²) in [6.07, 6.45) is 0.685. The number of rotatable bonds is 5. The molecule has 1 fully saturated rings. The van der Waals surface area contributed by atoms with Gasteiger partial charge in [0.25, 0.3) is 5.92 Å². The third-order valence-electron chi connectivity index (χ3n) is 5.41. The molecule has 3 N–H and O–H groups in total. The minimum Gasteiger partial charge on any atom is -0.394 e. The Kier molecular flexibility index (Phi) is 5.99. The summed E-state index contributed by atoms with van der Waals surface area (Å²) < 4.78 is 88.0. The van der Waals surface area contributed by atoms with Crippen LogP contribution in [0.5, 0.6) is 0 Å². The van der Waals surface area contributed by atoms with Crippen molar-refractivity contribution in [3.63, 3.8) is 0 Å². The van der Waals surface area contributed by atoms with Crippen LogP contribution in [0.2, 0.25) is 0 Å². The number of aromatic nitrogens is 1. The maximum Gasteiger partial charge on any atom is 0.323 e. The standard InChI is InChI=1S/C20H18F4N4O5S/c1-34(31,32)27-14-8-28(15(9-29)20(14,23)24)19(30)25-18-17-10(4-2-7-13(17)33-26-18)16-11(21)5-3-6-12(16)22/h2-7,14-15,27,29H,8-9H2,1H3,(H,25,26,30). The number of likely N-dealkylation sites (tertiary alicyclic amines) is 1. The van der Waals surface area contributed by atoms with Crippen LogP contribution >= 0.6 is 0 Å². The Morgan fingerprint density at radius 1 is 1.24 bits per heavy atom. The van der Waals surface area contributed by atoms with Crippen LogP contribution in [0.15, 0.2) is 40.9 Å². The molecule has 3 aromatic rings. The molecular formula is C20H18F4N4O5S. The van der Waals surface area contributed by atoms with Crippen LogP contribution in [0.1, 0.15) is 0 Å². The van der Waals surface area contributed by atoms with E-state index in [1.165, 1.54) is 24.3 Å². The Labute approximate surface area is 190 Å².